The van der Waals surface area contributed by atoms with E-state index in [0.29, 0.717) is 5.69 Å². The van der Waals surface area contributed by atoms with Crippen LogP contribution in [0.3, 0.4) is 0 Å². The van der Waals surface area contributed by atoms with Crippen LogP contribution in [0.1, 0.15) is 58.2 Å². The Bertz CT molecular complexity index is 1020. The van der Waals surface area contributed by atoms with Gasteiger partial charge in [-0.3, -0.25) is 4.79 Å². The van der Waals surface area contributed by atoms with E-state index in [4.69, 9.17) is 5.10 Å². The van der Waals surface area contributed by atoms with Crippen molar-refractivity contribution in [2.24, 2.45) is 0 Å². The van der Waals surface area contributed by atoms with Crippen LogP contribution < -0.4 is 0 Å². The number of benzene rings is 2. The van der Waals surface area contributed by atoms with E-state index in [1.165, 1.54) is 16.8 Å². The van der Waals surface area contributed by atoms with Crippen molar-refractivity contribution in [1.29, 1.82) is 0 Å². The van der Waals surface area contributed by atoms with Gasteiger partial charge in [0.2, 0.25) is 0 Å². The van der Waals surface area contributed by atoms with Crippen LogP contribution in [-0.4, -0.2) is 27.6 Å². The van der Waals surface area contributed by atoms with E-state index >= 15 is 0 Å². The minimum Gasteiger partial charge on any atom is -0.333 e. The number of fused-ring (bicyclic) bond motifs is 2. The minimum absolute atomic E-state index is 0.0505. The van der Waals surface area contributed by atoms with Crippen molar-refractivity contribution < 1.29 is 4.79 Å². The topological polar surface area (TPSA) is 38.1 Å². The van der Waals surface area contributed by atoms with E-state index in [-0.39, 0.29) is 11.9 Å². The summed E-state index contributed by atoms with van der Waals surface area (Å²) in [4.78, 5) is 15.4. The van der Waals surface area contributed by atoms with Gasteiger partial charge < -0.3 is 4.90 Å². The number of hydrogen-bond acceptors (Lipinski definition) is 2. The van der Waals surface area contributed by atoms with E-state index in [1.54, 1.807) is 0 Å². The summed E-state index contributed by atoms with van der Waals surface area (Å²) in [6, 6.07) is 18.8. The normalized spacial score (nSPS) is 17.8. The second kappa shape index (κ2) is 6.93. The number of nitrogens with zero attached hydrogens (tertiary/aromatic N) is 3. The fourth-order valence-corrected chi connectivity index (χ4v) is 4.83. The Morgan fingerprint density at radius 3 is 2.64 bits per heavy atom. The predicted molar refractivity (Wildman–Crippen MR) is 110 cm³/mol. The van der Waals surface area contributed by atoms with Crippen molar-refractivity contribution in [2.75, 3.05) is 7.05 Å². The molecule has 0 bridgehead atoms. The first kappa shape index (κ1) is 17.2. The number of carbonyl (C=O) groups excluding carboxylic acids is 1. The fraction of sp³-hybridized carbons (Fsp3) is 0.333. The Kier molecular flexibility index (Phi) is 4.27. The van der Waals surface area contributed by atoms with Gasteiger partial charge in [-0.25, -0.2) is 4.68 Å². The molecule has 142 valence electrons. The Hall–Kier alpha value is -2.88. The van der Waals surface area contributed by atoms with Gasteiger partial charge in [-0.2, -0.15) is 5.10 Å². The van der Waals surface area contributed by atoms with E-state index in [1.807, 2.05) is 34.8 Å². The molecule has 1 amide bonds. The first-order valence-electron chi connectivity index (χ1n) is 10.2. The van der Waals surface area contributed by atoms with Crippen molar-refractivity contribution in [3.05, 3.63) is 82.7 Å². The molecule has 1 unspecified atom stereocenters. The van der Waals surface area contributed by atoms with Crippen molar-refractivity contribution in [2.45, 2.75) is 44.6 Å². The van der Waals surface area contributed by atoms with Gasteiger partial charge in [-0.1, -0.05) is 42.5 Å². The van der Waals surface area contributed by atoms with Gasteiger partial charge >= 0.3 is 0 Å². The molecule has 5 rings (SSSR count). The van der Waals surface area contributed by atoms with Crippen molar-refractivity contribution in [1.82, 2.24) is 14.7 Å². The Labute approximate surface area is 165 Å². The number of carbonyl (C=O) groups is 1. The molecule has 0 saturated carbocycles. The zero-order chi connectivity index (χ0) is 19.1. The van der Waals surface area contributed by atoms with Crippen LogP contribution in [-0.2, 0) is 19.3 Å². The molecule has 2 aromatic carbocycles. The Morgan fingerprint density at radius 2 is 1.79 bits per heavy atom. The highest BCUT2D eigenvalue weighted by molar-refractivity contribution is 5.94. The maximum Gasteiger partial charge on any atom is 0.274 e. The first-order chi connectivity index (χ1) is 13.7. The molecule has 0 N–H and O–H groups in total. The molecule has 1 heterocycles. The standard InChI is InChI=1S/C24H25N3O/c1-26(21-15-7-10-17-9-5-6-13-19(17)21)24(28)23-20-14-8-16-22(20)27(25-23)18-11-3-2-4-12-18/h2-6,9,11-13,21H,7-8,10,14-16H2,1H3. The largest absolute Gasteiger partial charge is 0.333 e. The monoisotopic (exact) mass is 371 g/mol. The number of amides is 1. The van der Waals surface area contributed by atoms with Crippen LogP contribution in [0.25, 0.3) is 5.69 Å². The molecule has 0 aliphatic heterocycles. The molecule has 28 heavy (non-hydrogen) atoms. The molecule has 0 fully saturated rings. The van der Waals surface area contributed by atoms with Crippen LogP contribution in [0.5, 0.6) is 0 Å². The summed E-state index contributed by atoms with van der Waals surface area (Å²) < 4.78 is 1.98. The van der Waals surface area contributed by atoms with Crippen LogP contribution in [0, 0.1) is 0 Å². The molecule has 4 heteroatoms. The Morgan fingerprint density at radius 1 is 1.00 bits per heavy atom. The predicted octanol–water partition coefficient (Wildman–Crippen LogP) is 4.51. The Balaban J connectivity index is 1.51. The number of hydrogen-bond donors (Lipinski definition) is 0. The van der Waals surface area contributed by atoms with Gasteiger partial charge in [0.1, 0.15) is 0 Å². The summed E-state index contributed by atoms with van der Waals surface area (Å²) in [6.45, 7) is 0. The van der Waals surface area contributed by atoms with Crippen molar-refractivity contribution in [3.63, 3.8) is 0 Å². The van der Waals surface area contributed by atoms with Crippen LogP contribution >= 0.6 is 0 Å². The summed E-state index contributed by atoms with van der Waals surface area (Å²) >= 11 is 0. The molecule has 1 atom stereocenters. The van der Waals surface area contributed by atoms with Gasteiger partial charge in [0.15, 0.2) is 5.69 Å². The molecular weight excluding hydrogens is 346 g/mol. The SMILES string of the molecule is CN(C(=O)c1nn(-c2ccccc2)c2c1CCC2)C1CCCc2ccccc21. The first-order valence-corrected chi connectivity index (χ1v) is 10.2. The van der Waals surface area contributed by atoms with E-state index in [0.717, 1.165) is 49.8 Å². The van der Waals surface area contributed by atoms with E-state index < -0.39 is 0 Å². The zero-order valence-electron chi connectivity index (χ0n) is 16.3. The molecule has 0 radical (unpaired) electrons. The molecule has 3 aromatic rings. The van der Waals surface area contributed by atoms with Gasteiger partial charge in [0, 0.05) is 18.3 Å². The highest BCUT2D eigenvalue weighted by atomic mass is 16.2. The summed E-state index contributed by atoms with van der Waals surface area (Å²) in [5.41, 5.74) is 6.69. The highest BCUT2D eigenvalue weighted by Gasteiger charge is 2.32. The summed E-state index contributed by atoms with van der Waals surface area (Å²) in [6.07, 6.45) is 6.26. The maximum absolute atomic E-state index is 13.5. The number of aryl methyl sites for hydroxylation is 1. The van der Waals surface area contributed by atoms with Crippen molar-refractivity contribution >= 4 is 5.91 Å². The number of para-hydroxylation sites is 1. The lowest BCUT2D eigenvalue weighted by molar-refractivity contribution is 0.0707. The average Bonchev–Trinajstić information content (AvgIpc) is 3.36. The van der Waals surface area contributed by atoms with Gasteiger partial charge in [0.25, 0.3) is 5.91 Å². The van der Waals surface area contributed by atoms with Gasteiger partial charge in [-0.15, -0.1) is 0 Å². The third kappa shape index (κ3) is 2.75. The molecule has 4 nitrogen and oxygen atoms in total. The quantitative estimate of drug-likeness (QED) is 0.679. The van der Waals surface area contributed by atoms with Gasteiger partial charge in [-0.05, 0) is 61.8 Å². The molecule has 0 saturated heterocycles. The van der Waals surface area contributed by atoms with Crippen LogP contribution in [0.2, 0.25) is 0 Å². The molecule has 1 aromatic heterocycles. The number of aromatic nitrogens is 2. The number of rotatable bonds is 3. The summed E-state index contributed by atoms with van der Waals surface area (Å²) in [5.74, 6) is 0.0505. The minimum atomic E-state index is 0.0505. The smallest absolute Gasteiger partial charge is 0.274 e. The van der Waals surface area contributed by atoms with Gasteiger partial charge in [0.05, 0.1) is 11.7 Å². The molecule has 0 spiro atoms. The second-order valence-corrected chi connectivity index (χ2v) is 7.90. The second-order valence-electron chi connectivity index (χ2n) is 7.90. The van der Waals surface area contributed by atoms with E-state index in [9.17, 15) is 4.79 Å². The summed E-state index contributed by atoms with van der Waals surface area (Å²) in [5, 5.41) is 4.80. The van der Waals surface area contributed by atoms with Crippen LogP contribution in [0.4, 0.5) is 0 Å². The molecule has 2 aliphatic rings. The summed E-state index contributed by atoms with van der Waals surface area (Å²) in [7, 11) is 1.94. The zero-order valence-corrected chi connectivity index (χ0v) is 16.3. The lowest BCUT2D eigenvalue weighted by Gasteiger charge is -2.33. The van der Waals surface area contributed by atoms with Crippen molar-refractivity contribution in [3.8, 4) is 5.69 Å². The molecule has 2 aliphatic carbocycles. The third-order valence-corrected chi connectivity index (χ3v) is 6.26. The van der Waals surface area contributed by atoms with Crippen LogP contribution in [0.15, 0.2) is 54.6 Å². The van der Waals surface area contributed by atoms with E-state index in [2.05, 4.69) is 36.4 Å². The lowest BCUT2D eigenvalue weighted by Crippen LogP contribution is -2.34. The maximum atomic E-state index is 13.5. The fourth-order valence-electron chi connectivity index (χ4n) is 4.83. The average molecular weight is 371 g/mol. The third-order valence-electron chi connectivity index (χ3n) is 6.26. The lowest BCUT2D eigenvalue weighted by atomic mass is 9.87. The molecular formula is C24H25N3O. The highest BCUT2D eigenvalue weighted by Crippen LogP contribution is 2.35.